The van der Waals surface area contributed by atoms with Crippen LogP contribution in [-0.4, -0.2) is 66.6 Å². The zero-order chi connectivity index (χ0) is 20.7. The molecule has 1 unspecified atom stereocenters. The van der Waals surface area contributed by atoms with E-state index in [4.69, 9.17) is 4.74 Å². The van der Waals surface area contributed by atoms with Crippen molar-refractivity contribution in [2.45, 2.75) is 29.8 Å². The Balaban J connectivity index is 1.46. The van der Waals surface area contributed by atoms with E-state index >= 15 is 0 Å². The summed E-state index contributed by atoms with van der Waals surface area (Å²) in [6.45, 7) is 1.58. The normalized spacial score (nSPS) is 17.7. The van der Waals surface area contributed by atoms with Crippen molar-refractivity contribution in [3.63, 3.8) is 0 Å². The Morgan fingerprint density at radius 3 is 2.86 bits per heavy atom. The van der Waals surface area contributed by atoms with Crippen LogP contribution in [0.1, 0.15) is 12.8 Å². The molecule has 3 heterocycles. The van der Waals surface area contributed by atoms with Crippen molar-refractivity contribution in [1.82, 2.24) is 24.5 Å². The molecule has 2 N–H and O–H groups in total. The molecule has 29 heavy (non-hydrogen) atoms. The predicted molar refractivity (Wildman–Crippen MR) is 105 cm³/mol. The SMILES string of the molecule is O=C(NCCCn1ccnc1)C(=O)NCC1OCCCN1S(=O)(=O)c1cccs1. The van der Waals surface area contributed by atoms with Gasteiger partial charge in [0, 0.05) is 32.0 Å². The standard InChI is InChI=1S/C17H23N5O5S2/c23-16(19-5-2-7-21-9-6-18-13-21)17(24)20-12-14-22(8-3-10-27-14)29(25,26)15-4-1-11-28-15/h1,4,6,9,11,13-14H,2-3,5,7-8,10,12H2,(H,19,23)(H,20,24). The maximum atomic E-state index is 12.8. The van der Waals surface area contributed by atoms with E-state index in [9.17, 15) is 18.0 Å². The van der Waals surface area contributed by atoms with Gasteiger partial charge in [-0.05, 0) is 24.3 Å². The summed E-state index contributed by atoms with van der Waals surface area (Å²) in [6, 6.07) is 3.19. The van der Waals surface area contributed by atoms with Crippen molar-refractivity contribution >= 4 is 33.2 Å². The van der Waals surface area contributed by atoms with E-state index in [0.29, 0.717) is 39.1 Å². The van der Waals surface area contributed by atoms with Gasteiger partial charge in [-0.2, -0.15) is 4.31 Å². The molecular formula is C17H23N5O5S2. The molecule has 1 aliphatic heterocycles. The molecule has 10 nitrogen and oxygen atoms in total. The highest BCUT2D eigenvalue weighted by atomic mass is 32.2. The number of thiophene rings is 1. The number of hydrogen-bond acceptors (Lipinski definition) is 7. The summed E-state index contributed by atoms with van der Waals surface area (Å²) >= 11 is 1.12. The Labute approximate surface area is 172 Å². The van der Waals surface area contributed by atoms with Crippen LogP contribution in [-0.2, 0) is 30.9 Å². The zero-order valence-electron chi connectivity index (χ0n) is 15.7. The third kappa shape index (κ3) is 5.63. The van der Waals surface area contributed by atoms with Crippen molar-refractivity contribution in [1.29, 1.82) is 0 Å². The molecule has 1 saturated heterocycles. The molecule has 3 rings (SSSR count). The van der Waals surface area contributed by atoms with E-state index in [2.05, 4.69) is 15.6 Å². The lowest BCUT2D eigenvalue weighted by Gasteiger charge is -2.34. The fourth-order valence-electron chi connectivity index (χ4n) is 2.85. The molecule has 0 bridgehead atoms. The van der Waals surface area contributed by atoms with Crippen molar-refractivity contribution in [2.24, 2.45) is 0 Å². The van der Waals surface area contributed by atoms with E-state index in [-0.39, 0.29) is 10.8 Å². The number of ether oxygens (including phenoxy) is 1. The molecule has 12 heteroatoms. The van der Waals surface area contributed by atoms with Crippen LogP contribution in [0.3, 0.4) is 0 Å². The van der Waals surface area contributed by atoms with Crippen LogP contribution >= 0.6 is 11.3 Å². The van der Waals surface area contributed by atoms with Crippen LogP contribution in [0, 0.1) is 0 Å². The van der Waals surface area contributed by atoms with Gasteiger partial charge in [0.05, 0.1) is 19.5 Å². The first-order valence-electron chi connectivity index (χ1n) is 9.17. The number of aromatic nitrogens is 2. The van der Waals surface area contributed by atoms with Gasteiger partial charge in [0.2, 0.25) is 0 Å². The van der Waals surface area contributed by atoms with Crippen molar-refractivity contribution < 1.29 is 22.7 Å². The number of carbonyl (C=O) groups excluding carboxylic acids is 2. The molecule has 2 aromatic heterocycles. The van der Waals surface area contributed by atoms with Gasteiger partial charge in [-0.15, -0.1) is 11.3 Å². The van der Waals surface area contributed by atoms with Crippen LogP contribution in [0.5, 0.6) is 0 Å². The van der Waals surface area contributed by atoms with E-state index < -0.39 is 28.1 Å². The van der Waals surface area contributed by atoms with Gasteiger partial charge in [-0.25, -0.2) is 13.4 Å². The molecule has 0 aromatic carbocycles. The first-order valence-corrected chi connectivity index (χ1v) is 11.5. The third-order valence-electron chi connectivity index (χ3n) is 4.29. The number of aryl methyl sites for hydroxylation is 1. The topological polar surface area (TPSA) is 123 Å². The smallest absolute Gasteiger partial charge is 0.309 e. The molecule has 0 radical (unpaired) electrons. The van der Waals surface area contributed by atoms with Crippen LogP contribution in [0.15, 0.2) is 40.4 Å². The molecule has 2 amide bonds. The summed E-state index contributed by atoms with van der Waals surface area (Å²) in [4.78, 5) is 27.9. The predicted octanol–water partition coefficient (Wildman–Crippen LogP) is 0.00440. The van der Waals surface area contributed by atoms with Crippen LogP contribution in [0.4, 0.5) is 0 Å². The molecule has 0 spiro atoms. The molecular weight excluding hydrogens is 418 g/mol. The van der Waals surface area contributed by atoms with Crippen LogP contribution in [0.2, 0.25) is 0 Å². The van der Waals surface area contributed by atoms with E-state index in [0.717, 1.165) is 11.3 Å². The Morgan fingerprint density at radius 1 is 1.31 bits per heavy atom. The highest BCUT2D eigenvalue weighted by Crippen LogP contribution is 2.25. The van der Waals surface area contributed by atoms with Gasteiger partial charge in [-0.3, -0.25) is 9.59 Å². The number of hydrogen-bond donors (Lipinski definition) is 2. The van der Waals surface area contributed by atoms with Crippen LogP contribution in [0.25, 0.3) is 0 Å². The highest BCUT2D eigenvalue weighted by Gasteiger charge is 2.35. The Hall–Kier alpha value is -2.28. The largest absolute Gasteiger partial charge is 0.360 e. The average molecular weight is 442 g/mol. The number of nitrogens with zero attached hydrogens (tertiary/aromatic N) is 3. The van der Waals surface area contributed by atoms with Gasteiger partial charge in [0.15, 0.2) is 0 Å². The minimum Gasteiger partial charge on any atom is -0.360 e. The van der Waals surface area contributed by atoms with E-state index in [1.807, 2.05) is 10.8 Å². The fourth-order valence-corrected chi connectivity index (χ4v) is 5.54. The molecule has 1 atom stereocenters. The second kappa shape index (κ2) is 9.96. The van der Waals surface area contributed by atoms with Gasteiger partial charge in [0.1, 0.15) is 10.4 Å². The molecule has 0 saturated carbocycles. The summed E-state index contributed by atoms with van der Waals surface area (Å²) < 4.78 is 34.4. The number of carbonyl (C=O) groups is 2. The third-order valence-corrected chi connectivity index (χ3v) is 7.56. The van der Waals surface area contributed by atoms with E-state index in [1.54, 1.807) is 24.0 Å². The maximum absolute atomic E-state index is 12.8. The number of rotatable bonds is 8. The Kier molecular flexibility index (Phi) is 7.36. The number of imidazole rings is 1. The minimum absolute atomic E-state index is 0.105. The van der Waals surface area contributed by atoms with Gasteiger partial charge < -0.3 is 19.9 Å². The molecule has 2 aromatic rings. The average Bonchev–Trinajstić information content (AvgIpc) is 3.43. The lowest BCUT2D eigenvalue weighted by Crippen LogP contribution is -2.53. The number of amides is 2. The Bertz CT molecular complexity index is 899. The minimum atomic E-state index is -3.71. The van der Waals surface area contributed by atoms with Crippen molar-refractivity contribution in [3.05, 3.63) is 36.2 Å². The summed E-state index contributed by atoms with van der Waals surface area (Å²) in [5.74, 6) is -1.59. The van der Waals surface area contributed by atoms with Crippen molar-refractivity contribution in [3.8, 4) is 0 Å². The summed E-state index contributed by atoms with van der Waals surface area (Å²) in [5.41, 5.74) is 0. The molecule has 1 fully saturated rings. The molecule has 158 valence electrons. The van der Waals surface area contributed by atoms with Gasteiger partial charge >= 0.3 is 11.8 Å². The van der Waals surface area contributed by atoms with E-state index in [1.165, 1.54) is 10.4 Å². The zero-order valence-corrected chi connectivity index (χ0v) is 17.3. The number of nitrogens with one attached hydrogen (secondary N) is 2. The molecule has 1 aliphatic rings. The monoisotopic (exact) mass is 441 g/mol. The quantitative estimate of drug-likeness (QED) is 0.439. The maximum Gasteiger partial charge on any atom is 0.309 e. The fraction of sp³-hybridized carbons (Fsp3) is 0.471. The molecule has 0 aliphatic carbocycles. The summed E-state index contributed by atoms with van der Waals surface area (Å²) in [5, 5.41) is 6.69. The first kappa shape index (κ1) is 21.4. The van der Waals surface area contributed by atoms with Gasteiger partial charge in [0.25, 0.3) is 10.0 Å². The first-order chi connectivity index (χ1) is 14.0. The highest BCUT2D eigenvalue weighted by molar-refractivity contribution is 7.91. The second-order valence-electron chi connectivity index (χ2n) is 6.35. The lowest BCUT2D eigenvalue weighted by molar-refractivity contribution is -0.140. The van der Waals surface area contributed by atoms with Crippen molar-refractivity contribution in [2.75, 3.05) is 26.2 Å². The second-order valence-corrected chi connectivity index (χ2v) is 9.41. The summed E-state index contributed by atoms with van der Waals surface area (Å²) in [7, 11) is -3.71. The summed E-state index contributed by atoms with van der Waals surface area (Å²) in [6.07, 6.45) is 5.51. The number of sulfonamides is 1. The van der Waals surface area contributed by atoms with Gasteiger partial charge in [-0.1, -0.05) is 6.07 Å². The van der Waals surface area contributed by atoms with Crippen LogP contribution < -0.4 is 10.6 Å². The lowest BCUT2D eigenvalue weighted by atomic mass is 10.3. The Morgan fingerprint density at radius 2 is 2.14 bits per heavy atom.